The average Bonchev–Trinajstić information content (AvgIpc) is 2.73. The summed E-state index contributed by atoms with van der Waals surface area (Å²) in [6.07, 6.45) is 0. The van der Waals surface area contributed by atoms with E-state index in [-0.39, 0.29) is 21.2 Å². The minimum atomic E-state index is -2.07. The Morgan fingerprint density at radius 2 is 1.23 bits per heavy atom. The Bertz CT molecular complexity index is 1060. The van der Waals surface area contributed by atoms with Crippen molar-refractivity contribution in [2.24, 2.45) is 0 Å². The van der Waals surface area contributed by atoms with Crippen LogP contribution < -0.4 is 14.8 Å². The predicted molar refractivity (Wildman–Crippen MR) is 123 cm³/mol. The molecular weight excluding hydrogens is 466 g/mol. The molecule has 3 aromatic carbocycles. The third-order valence-corrected chi connectivity index (χ3v) is 7.17. The fourth-order valence-electron chi connectivity index (χ4n) is 2.94. The standard InChI is InChI=1S/C22H16Cl3O4P/c1-28-17-9-6-10-18(29-2)20(17)22(27)30(14-7-4-3-5-8-14)21(26)19-15(24)11-13(23)12-16(19)25/h3-12H,1-2H3. The Morgan fingerprint density at radius 1 is 0.733 bits per heavy atom. The van der Waals surface area contributed by atoms with Crippen LogP contribution in [0.4, 0.5) is 0 Å². The summed E-state index contributed by atoms with van der Waals surface area (Å²) in [6, 6.07) is 16.6. The van der Waals surface area contributed by atoms with Crippen LogP contribution in [0.3, 0.4) is 0 Å². The highest BCUT2D eigenvalue weighted by atomic mass is 35.5. The van der Waals surface area contributed by atoms with Crippen molar-refractivity contribution in [1.82, 2.24) is 0 Å². The van der Waals surface area contributed by atoms with Gasteiger partial charge >= 0.3 is 0 Å². The summed E-state index contributed by atoms with van der Waals surface area (Å²) in [5.74, 6) is 0.618. The average molecular weight is 482 g/mol. The first-order valence-electron chi connectivity index (χ1n) is 8.68. The number of rotatable bonds is 7. The molecule has 0 N–H and O–H groups in total. The molecule has 30 heavy (non-hydrogen) atoms. The van der Waals surface area contributed by atoms with Crippen LogP contribution in [0.2, 0.25) is 15.1 Å². The zero-order chi connectivity index (χ0) is 21.8. The Kier molecular flexibility index (Phi) is 7.38. The van der Waals surface area contributed by atoms with Crippen LogP contribution in [0, 0.1) is 0 Å². The molecule has 0 aliphatic heterocycles. The third kappa shape index (κ3) is 4.48. The molecule has 154 valence electrons. The molecule has 4 nitrogen and oxygen atoms in total. The van der Waals surface area contributed by atoms with E-state index in [1.807, 2.05) is 0 Å². The van der Waals surface area contributed by atoms with Gasteiger partial charge in [-0.15, -0.1) is 0 Å². The van der Waals surface area contributed by atoms with E-state index in [1.165, 1.54) is 26.4 Å². The number of methoxy groups -OCH3 is 2. The minimum absolute atomic E-state index is 0.0555. The second-order valence-corrected chi connectivity index (χ2v) is 9.31. The van der Waals surface area contributed by atoms with Crippen LogP contribution in [-0.2, 0) is 0 Å². The second kappa shape index (κ2) is 9.80. The zero-order valence-electron chi connectivity index (χ0n) is 16.0. The van der Waals surface area contributed by atoms with Gasteiger partial charge in [0, 0.05) is 5.02 Å². The number of hydrogen-bond donors (Lipinski definition) is 0. The molecular formula is C22H16Cl3O4P. The summed E-state index contributed by atoms with van der Waals surface area (Å²) >= 11 is 18.6. The summed E-state index contributed by atoms with van der Waals surface area (Å²) < 4.78 is 10.7. The van der Waals surface area contributed by atoms with Crippen molar-refractivity contribution < 1.29 is 19.1 Å². The number of carbonyl (C=O) groups is 2. The molecule has 0 bridgehead atoms. The SMILES string of the molecule is COc1cccc(OC)c1C(=O)P(C(=O)c1c(Cl)cc(Cl)cc1Cl)c1ccccc1. The van der Waals surface area contributed by atoms with Gasteiger partial charge in [0.05, 0.1) is 37.7 Å². The van der Waals surface area contributed by atoms with E-state index in [9.17, 15) is 9.59 Å². The normalized spacial score (nSPS) is 11.6. The molecule has 0 heterocycles. The van der Waals surface area contributed by atoms with Gasteiger partial charge in [-0.25, -0.2) is 0 Å². The summed E-state index contributed by atoms with van der Waals surface area (Å²) in [5.41, 5.74) is -0.676. The maximum absolute atomic E-state index is 13.7. The molecule has 0 spiro atoms. The molecule has 0 aromatic heterocycles. The number of hydrogen-bond acceptors (Lipinski definition) is 4. The van der Waals surface area contributed by atoms with E-state index in [0.29, 0.717) is 21.8 Å². The maximum atomic E-state index is 13.7. The molecule has 8 heteroatoms. The molecule has 0 aliphatic rings. The van der Waals surface area contributed by atoms with Crippen molar-refractivity contribution in [3.05, 3.63) is 86.9 Å². The number of benzene rings is 3. The minimum Gasteiger partial charge on any atom is -0.496 e. The van der Waals surface area contributed by atoms with Crippen molar-refractivity contribution in [3.63, 3.8) is 0 Å². The molecule has 0 saturated heterocycles. The largest absolute Gasteiger partial charge is 0.496 e. The van der Waals surface area contributed by atoms with Gasteiger partial charge in [0.25, 0.3) is 0 Å². The van der Waals surface area contributed by atoms with Crippen LogP contribution in [0.15, 0.2) is 60.7 Å². The molecule has 3 aromatic rings. The Labute approximate surface area is 190 Å². The first-order chi connectivity index (χ1) is 14.4. The van der Waals surface area contributed by atoms with Gasteiger partial charge in [0.15, 0.2) is 5.52 Å². The molecule has 0 amide bonds. The molecule has 0 radical (unpaired) electrons. The van der Waals surface area contributed by atoms with E-state index >= 15 is 0 Å². The topological polar surface area (TPSA) is 52.6 Å². The Morgan fingerprint density at radius 3 is 1.73 bits per heavy atom. The van der Waals surface area contributed by atoms with Crippen molar-refractivity contribution in [1.29, 1.82) is 0 Å². The molecule has 3 rings (SSSR count). The van der Waals surface area contributed by atoms with E-state index < -0.39 is 19.0 Å². The summed E-state index contributed by atoms with van der Waals surface area (Å²) in [6.45, 7) is 0. The first kappa shape index (κ1) is 22.6. The van der Waals surface area contributed by atoms with E-state index in [0.717, 1.165) is 0 Å². The third-order valence-electron chi connectivity index (χ3n) is 4.28. The van der Waals surface area contributed by atoms with Crippen LogP contribution in [0.25, 0.3) is 0 Å². The van der Waals surface area contributed by atoms with Gasteiger partial charge in [0.2, 0.25) is 5.52 Å². The maximum Gasteiger partial charge on any atom is 0.204 e. The smallest absolute Gasteiger partial charge is 0.204 e. The van der Waals surface area contributed by atoms with Crippen LogP contribution >= 0.6 is 42.7 Å². The lowest BCUT2D eigenvalue weighted by Gasteiger charge is -2.20. The highest BCUT2D eigenvalue weighted by Gasteiger charge is 2.35. The van der Waals surface area contributed by atoms with Gasteiger partial charge < -0.3 is 9.47 Å². The van der Waals surface area contributed by atoms with Crippen LogP contribution in [0.5, 0.6) is 11.5 Å². The monoisotopic (exact) mass is 480 g/mol. The number of ether oxygens (including phenoxy) is 2. The van der Waals surface area contributed by atoms with E-state index in [2.05, 4.69) is 0 Å². The van der Waals surface area contributed by atoms with Crippen molar-refractivity contribution >= 4 is 59.1 Å². The highest BCUT2D eigenvalue weighted by molar-refractivity contribution is 7.96. The van der Waals surface area contributed by atoms with Gasteiger partial charge in [-0.3, -0.25) is 9.59 Å². The lowest BCUT2D eigenvalue weighted by atomic mass is 10.2. The van der Waals surface area contributed by atoms with E-state index in [4.69, 9.17) is 44.3 Å². The molecule has 1 unspecified atom stereocenters. The van der Waals surface area contributed by atoms with E-state index in [1.54, 1.807) is 48.5 Å². The van der Waals surface area contributed by atoms with Crippen LogP contribution in [0.1, 0.15) is 20.7 Å². The van der Waals surface area contributed by atoms with Gasteiger partial charge in [0.1, 0.15) is 17.1 Å². The molecule has 1 atom stereocenters. The van der Waals surface area contributed by atoms with Crippen molar-refractivity contribution in [3.8, 4) is 11.5 Å². The number of carbonyl (C=O) groups excluding carboxylic acids is 2. The Balaban J connectivity index is 2.22. The summed E-state index contributed by atoms with van der Waals surface area (Å²) in [5, 5.41) is 1.02. The fraction of sp³-hybridized carbons (Fsp3) is 0.0909. The van der Waals surface area contributed by atoms with Gasteiger partial charge in [-0.1, -0.05) is 71.2 Å². The fourth-order valence-corrected chi connectivity index (χ4v) is 6.09. The predicted octanol–water partition coefficient (Wildman–Crippen LogP) is 6.45. The van der Waals surface area contributed by atoms with Gasteiger partial charge in [-0.2, -0.15) is 0 Å². The zero-order valence-corrected chi connectivity index (χ0v) is 19.1. The quantitative estimate of drug-likeness (QED) is 0.364. The summed E-state index contributed by atoms with van der Waals surface area (Å²) in [7, 11) is 0.833. The van der Waals surface area contributed by atoms with Crippen molar-refractivity contribution in [2.45, 2.75) is 0 Å². The van der Waals surface area contributed by atoms with Gasteiger partial charge in [-0.05, 0) is 29.6 Å². The highest BCUT2D eigenvalue weighted by Crippen LogP contribution is 2.48. The molecule has 0 aliphatic carbocycles. The number of halogens is 3. The van der Waals surface area contributed by atoms with Crippen LogP contribution in [-0.4, -0.2) is 25.3 Å². The molecule has 0 saturated carbocycles. The lowest BCUT2D eigenvalue weighted by Crippen LogP contribution is -2.18. The summed E-state index contributed by atoms with van der Waals surface area (Å²) in [4.78, 5) is 27.4. The van der Waals surface area contributed by atoms with Crippen molar-refractivity contribution in [2.75, 3.05) is 14.2 Å². The Hall–Kier alpha value is -2.10. The molecule has 0 fully saturated rings. The first-order valence-corrected chi connectivity index (χ1v) is 11.2. The second-order valence-electron chi connectivity index (χ2n) is 6.06. The lowest BCUT2D eigenvalue weighted by molar-refractivity contribution is 0.105.